The summed E-state index contributed by atoms with van der Waals surface area (Å²) in [7, 11) is 0. The van der Waals surface area contributed by atoms with Crippen LogP contribution in [0.1, 0.15) is 30.2 Å². The monoisotopic (exact) mass is 331 g/mol. The number of morpholine rings is 1. The molecule has 7 nitrogen and oxygen atoms in total. The van der Waals surface area contributed by atoms with Crippen LogP contribution in [0, 0.1) is 6.92 Å². The van der Waals surface area contributed by atoms with Crippen molar-refractivity contribution in [2.75, 3.05) is 26.4 Å². The minimum absolute atomic E-state index is 0.0182. The van der Waals surface area contributed by atoms with Crippen molar-refractivity contribution in [1.29, 1.82) is 0 Å². The average Bonchev–Trinajstić information content (AvgIpc) is 3.01. The van der Waals surface area contributed by atoms with Gasteiger partial charge in [-0.1, -0.05) is 17.3 Å². The van der Waals surface area contributed by atoms with Gasteiger partial charge >= 0.3 is 0 Å². The Morgan fingerprint density at radius 3 is 2.92 bits per heavy atom. The molecule has 128 valence electrons. The molecule has 0 N–H and O–H groups in total. The molecule has 0 amide bonds. The van der Waals surface area contributed by atoms with Crippen molar-refractivity contribution in [1.82, 2.24) is 15.0 Å². The summed E-state index contributed by atoms with van der Waals surface area (Å²) in [6.45, 7) is 7.22. The van der Waals surface area contributed by atoms with Crippen LogP contribution >= 0.6 is 0 Å². The van der Waals surface area contributed by atoms with Gasteiger partial charge in [0.2, 0.25) is 5.89 Å². The van der Waals surface area contributed by atoms with E-state index in [0.717, 1.165) is 23.6 Å². The van der Waals surface area contributed by atoms with E-state index in [1.807, 2.05) is 26.0 Å². The molecule has 1 fully saturated rings. The fourth-order valence-corrected chi connectivity index (χ4v) is 3.33. The quantitative estimate of drug-likeness (QED) is 0.853. The largest absolute Gasteiger partial charge is 0.486 e. The smallest absolute Gasteiger partial charge is 0.246 e. The Kier molecular flexibility index (Phi) is 4.12. The highest BCUT2D eigenvalue weighted by Gasteiger charge is 2.35. The Labute approximate surface area is 140 Å². The molecule has 2 aliphatic heterocycles. The lowest BCUT2D eigenvalue weighted by Crippen LogP contribution is -2.44. The maximum atomic E-state index is 5.83. The Morgan fingerprint density at radius 2 is 2.08 bits per heavy atom. The average molecular weight is 331 g/mol. The van der Waals surface area contributed by atoms with Gasteiger partial charge in [-0.3, -0.25) is 4.90 Å². The van der Waals surface area contributed by atoms with Gasteiger partial charge in [-0.2, -0.15) is 4.98 Å². The number of para-hydroxylation sites is 1. The van der Waals surface area contributed by atoms with Gasteiger partial charge in [-0.05, 0) is 19.9 Å². The van der Waals surface area contributed by atoms with Crippen LogP contribution in [0.3, 0.4) is 0 Å². The van der Waals surface area contributed by atoms with E-state index in [1.54, 1.807) is 0 Å². The van der Waals surface area contributed by atoms with Crippen molar-refractivity contribution in [3.8, 4) is 11.5 Å². The summed E-state index contributed by atoms with van der Waals surface area (Å²) in [6, 6.07) is 5.95. The lowest BCUT2D eigenvalue weighted by atomic mass is 10.1. The summed E-state index contributed by atoms with van der Waals surface area (Å²) in [4.78, 5) is 6.71. The van der Waals surface area contributed by atoms with Crippen LogP contribution < -0.4 is 9.47 Å². The number of benzene rings is 1. The molecular weight excluding hydrogens is 310 g/mol. The zero-order valence-electron chi connectivity index (χ0n) is 13.9. The molecule has 0 saturated carbocycles. The lowest BCUT2D eigenvalue weighted by molar-refractivity contribution is -0.0766. The van der Waals surface area contributed by atoms with Crippen LogP contribution in [0.4, 0.5) is 0 Å². The third-order valence-electron chi connectivity index (χ3n) is 4.41. The number of rotatable bonds is 3. The Balaban J connectivity index is 1.62. The van der Waals surface area contributed by atoms with Crippen LogP contribution in [-0.4, -0.2) is 47.5 Å². The normalized spacial score (nSPS) is 24.1. The number of aromatic nitrogens is 2. The van der Waals surface area contributed by atoms with E-state index < -0.39 is 0 Å². The summed E-state index contributed by atoms with van der Waals surface area (Å²) < 4.78 is 22.7. The van der Waals surface area contributed by atoms with Crippen molar-refractivity contribution in [2.45, 2.75) is 32.5 Å². The summed E-state index contributed by atoms with van der Waals surface area (Å²) in [5.41, 5.74) is 1.10. The van der Waals surface area contributed by atoms with Gasteiger partial charge in [0, 0.05) is 18.7 Å². The van der Waals surface area contributed by atoms with Crippen molar-refractivity contribution < 1.29 is 18.7 Å². The van der Waals surface area contributed by atoms with Crippen LogP contribution in [0.5, 0.6) is 11.5 Å². The van der Waals surface area contributed by atoms with Crippen molar-refractivity contribution >= 4 is 0 Å². The van der Waals surface area contributed by atoms with Crippen molar-refractivity contribution in [3.05, 3.63) is 35.5 Å². The van der Waals surface area contributed by atoms with E-state index in [0.29, 0.717) is 38.1 Å². The summed E-state index contributed by atoms with van der Waals surface area (Å²) in [6.07, 6.45) is -0.0182. The first kappa shape index (κ1) is 15.4. The number of aryl methyl sites for hydroxylation is 1. The highest BCUT2D eigenvalue weighted by Crippen LogP contribution is 2.37. The molecule has 2 aromatic rings. The molecule has 0 bridgehead atoms. The Morgan fingerprint density at radius 1 is 1.21 bits per heavy atom. The topological polar surface area (TPSA) is 69.9 Å². The molecule has 1 aromatic carbocycles. The minimum Gasteiger partial charge on any atom is -0.486 e. The molecule has 2 aliphatic rings. The van der Waals surface area contributed by atoms with Gasteiger partial charge in [0.15, 0.2) is 17.3 Å². The fraction of sp³-hybridized carbons (Fsp3) is 0.529. The van der Waals surface area contributed by atoms with Crippen LogP contribution in [0.2, 0.25) is 0 Å². The van der Waals surface area contributed by atoms with Crippen LogP contribution in [-0.2, 0) is 11.3 Å². The molecule has 0 unspecified atom stereocenters. The van der Waals surface area contributed by atoms with Gasteiger partial charge in [-0.25, -0.2) is 0 Å². The first-order valence-electron chi connectivity index (χ1n) is 8.26. The number of hydrogen-bond donors (Lipinski definition) is 0. The predicted molar refractivity (Wildman–Crippen MR) is 85.0 cm³/mol. The molecule has 3 heterocycles. The molecule has 4 rings (SSSR count). The zero-order valence-corrected chi connectivity index (χ0v) is 13.9. The Bertz CT molecular complexity index is 718. The highest BCUT2D eigenvalue weighted by molar-refractivity contribution is 5.47. The fourth-order valence-electron chi connectivity index (χ4n) is 3.33. The second kappa shape index (κ2) is 6.41. The van der Waals surface area contributed by atoms with Gasteiger partial charge < -0.3 is 18.7 Å². The van der Waals surface area contributed by atoms with Crippen molar-refractivity contribution in [3.63, 3.8) is 0 Å². The van der Waals surface area contributed by atoms with Crippen LogP contribution in [0.15, 0.2) is 22.7 Å². The summed E-state index contributed by atoms with van der Waals surface area (Å²) >= 11 is 0. The van der Waals surface area contributed by atoms with E-state index in [2.05, 4.69) is 21.1 Å². The molecule has 1 aromatic heterocycles. The van der Waals surface area contributed by atoms with E-state index in [-0.39, 0.29) is 12.1 Å². The van der Waals surface area contributed by atoms with Crippen LogP contribution in [0.25, 0.3) is 0 Å². The molecular formula is C17H21N3O4. The SMILES string of the molecule is Cc1noc([C@@H]2[C@@H](C)OCCN2Cc2cccc3c2OCCO3)n1. The third kappa shape index (κ3) is 2.85. The molecule has 0 spiro atoms. The first-order chi connectivity index (χ1) is 11.7. The Hall–Kier alpha value is -2.12. The maximum Gasteiger partial charge on any atom is 0.246 e. The zero-order chi connectivity index (χ0) is 16.5. The van der Waals surface area contributed by atoms with E-state index in [1.165, 1.54) is 0 Å². The predicted octanol–water partition coefficient (Wildman–Crippen LogP) is 2.11. The lowest BCUT2D eigenvalue weighted by Gasteiger charge is -2.38. The standard InChI is InChI=1S/C17H21N3O4/c1-11-15(17-18-12(2)19-24-17)20(6-7-21-11)10-13-4-3-5-14-16(13)23-9-8-22-14/h3-5,11,15H,6-10H2,1-2H3/t11-,15+/m1/s1. The van der Waals surface area contributed by atoms with E-state index in [9.17, 15) is 0 Å². The molecule has 24 heavy (non-hydrogen) atoms. The van der Waals surface area contributed by atoms with Gasteiger partial charge in [-0.15, -0.1) is 0 Å². The highest BCUT2D eigenvalue weighted by atomic mass is 16.6. The number of hydrogen-bond acceptors (Lipinski definition) is 7. The molecule has 0 aliphatic carbocycles. The van der Waals surface area contributed by atoms with Gasteiger partial charge in [0.25, 0.3) is 0 Å². The second-order valence-electron chi connectivity index (χ2n) is 6.11. The maximum absolute atomic E-state index is 5.83. The number of ether oxygens (including phenoxy) is 3. The molecule has 1 saturated heterocycles. The first-order valence-corrected chi connectivity index (χ1v) is 8.26. The van der Waals surface area contributed by atoms with Crippen molar-refractivity contribution in [2.24, 2.45) is 0 Å². The van der Waals surface area contributed by atoms with E-state index >= 15 is 0 Å². The third-order valence-corrected chi connectivity index (χ3v) is 4.41. The summed E-state index contributed by atoms with van der Waals surface area (Å²) in [5.74, 6) is 2.88. The molecule has 2 atom stereocenters. The second-order valence-corrected chi connectivity index (χ2v) is 6.11. The molecule has 0 radical (unpaired) electrons. The number of nitrogens with zero attached hydrogens (tertiary/aromatic N) is 3. The van der Waals surface area contributed by atoms with E-state index in [4.69, 9.17) is 18.7 Å². The summed E-state index contributed by atoms with van der Waals surface area (Å²) in [5, 5.41) is 3.92. The van der Waals surface area contributed by atoms with Gasteiger partial charge in [0.1, 0.15) is 19.3 Å². The molecule has 7 heteroatoms. The van der Waals surface area contributed by atoms with Gasteiger partial charge in [0.05, 0.1) is 12.7 Å². The minimum atomic E-state index is -0.0692. The number of fused-ring (bicyclic) bond motifs is 1.